The number of amides is 2. The van der Waals surface area contributed by atoms with E-state index in [1.54, 1.807) is 0 Å². The Bertz CT molecular complexity index is 689. The SMILES string of the molecule is NC(=O)[C@H](Cc1cccc(Br)c1)NC(=O)c1ccc(F)cc1. The van der Waals surface area contributed by atoms with Crippen molar-refractivity contribution in [1.82, 2.24) is 5.32 Å². The zero-order valence-corrected chi connectivity index (χ0v) is 13.1. The highest BCUT2D eigenvalue weighted by Gasteiger charge is 2.19. The molecule has 0 aromatic heterocycles. The Labute approximate surface area is 135 Å². The van der Waals surface area contributed by atoms with Crippen LogP contribution in [0.25, 0.3) is 0 Å². The molecule has 3 N–H and O–H groups in total. The zero-order valence-electron chi connectivity index (χ0n) is 11.6. The van der Waals surface area contributed by atoms with Gasteiger partial charge in [-0.05, 0) is 42.0 Å². The molecule has 0 saturated carbocycles. The van der Waals surface area contributed by atoms with Crippen LogP contribution in [0.15, 0.2) is 53.0 Å². The number of carbonyl (C=O) groups excluding carboxylic acids is 2. The summed E-state index contributed by atoms with van der Waals surface area (Å²) in [7, 11) is 0. The van der Waals surface area contributed by atoms with Crippen LogP contribution in [0, 0.1) is 5.82 Å². The fraction of sp³-hybridized carbons (Fsp3) is 0.125. The van der Waals surface area contributed by atoms with Gasteiger partial charge >= 0.3 is 0 Å². The molecule has 22 heavy (non-hydrogen) atoms. The lowest BCUT2D eigenvalue weighted by molar-refractivity contribution is -0.119. The summed E-state index contributed by atoms with van der Waals surface area (Å²) in [6.07, 6.45) is 0.279. The molecule has 0 aliphatic carbocycles. The largest absolute Gasteiger partial charge is 0.368 e. The second-order valence-corrected chi connectivity index (χ2v) is 5.69. The van der Waals surface area contributed by atoms with Crippen molar-refractivity contribution in [2.45, 2.75) is 12.5 Å². The molecule has 0 aliphatic heterocycles. The Morgan fingerprint density at radius 1 is 1.18 bits per heavy atom. The summed E-state index contributed by atoms with van der Waals surface area (Å²) in [5, 5.41) is 2.57. The topological polar surface area (TPSA) is 72.2 Å². The standard InChI is InChI=1S/C16H14BrFN2O2/c17-12-3-1-2-10(8-12)9-14(15(19)21)20-16(22)11-4-6-13(18)7-5-11/h1-8,14H,9H2,(H2,19,21)(H,20,22)/t14-/m0/s1. The van der Waals surface area contributed by atoms with Crippen LogP contribution in [0.1, 0.15) is 15.9 Å². The first kappa shape index (κ1) is 16.2. The summed E-state index contributed by atoms with van der Waals surface area (Å²) in [6, 6.07) is 11.6. The number of hydrogen-bond donors (Lipinski definition) is 2. The van der Waals surface area contributed by atoms with E-state index >= 15 is 0 Å². The molecule has 1 atom stereocenters. The average molecular weight is 365 g/mol. The normalized spacial score (nSPS) is 11.7. The highest BCUT2D eigenvalue weighted by atomic mass is 79.9. The van der Waals surface area contributed by atoms with Crippen LogP contribution in [-0.4, -0.2) is 17.9 Å². The minimum Gasteiger partial charge on any atom is -0.368 e. The van der Waals surface area contributed by atoms with Crippen molar-refractivity contribution in [1.29, 1.82) is 0 Å². The number of carbonyl (C=O) groups is 2. The summed E-state index contributed by atoms with van der Waals surface area (Å²) in [4.78, 5) is 23.6. The molecule has 6 heteroatoms. The first-order chi connectivity index (χ1) is 10.5. The first-order valence-corrected chi connectivity index (χ1v) is 7.35. The third-order valence-electron chi connectivity index (χ3n) is 3.08. The number of nitrogens with one attached hydrogen (secondary N) is 1. The lowest BCUT2D eigenvalue weighted by Gasteiger charge is -2.16. The van der Waals surface area contributed by atoms with Crippen molar-refractivity contribution < 1.29 is 14.0 Å². The number of benzene rings is 2. The molecule has 0 spiro atoms. The Kier molecular flexibility index (Phi) is 5.27. The quantitative estimate of drug-likeness (QED) is 0.854. The molecule has 2 rings (SSSR count). The molecular weight excluding hydrogens is 351 g/mol. The fourth-order valence-electron chi connectivity index (χ4n) is 1.97. The van der Waals surface area contributed by atoms with Gasteiger partial charge in [0.2, 0.25) is 5.91 Å². The van der Waals surface area contributed by atoms with Crippen LogP contribution in [-0.2, 0) is 11.2 Å². The fourth-order valence-corrected chi connectivity index (χ4v) is 2.41. The molecular formula is C16H14BrFN2O2. The van der Waals surface area contributed by atoms with Crippen molar-refractivity contribution >= 4 is 27.7 Å². The van der Waals surface area contributed by atoms with Gasteiger partial charge in [-0.15, -0.1) is 0 Å². The summed E-state index contributed by atoms with van der Waals surface area (Å²) in [5.74, 6) is -1.54. The van der Waals surface area contributed by atoms with E-state index in [0.29, 0.717) is 0 Å². The van der Waals surface area contributed by atoms with Gasteiger partial charge < -0.3 is 11.1 Å². The van der Waals surface area contributed by atoms with Crippen LogP contribution in [0.5, 0.6) is 0 Å². The van der Waals surface area contributed by atoms with Crippen molar-refractivity contribution in [3.05, 3.63) is 69.9 Å². The molecule has 0 heterocycles. The van der Waals surface area contributed by atoms with Gasteiger partial charge in [0.05, 0.1) is 0 Å². The number of primary amides is 1. The maximum atomic E-state index is 12.9. The van der Waals surface area contributed by atoms with Crippen molar-refractivity contribution in [3.63, 3.8) is 0 Å². The highest BCUT2D eigenvalue weighted by Crippen LogP contribution is 2.13. The Morgan fingerprint density at radius 2 is 1.86 bits per heavy atom. The van der Waals surface area contributed by atoms with Gasteiger partial charge in [-0.25, -0.2) is 4.39 Å². The highest BCUT2D eigenvalue weighted by molar-refractivity contribution is 9.10. The summed E-state index contributed by atoms with van der Waals surface area (Å²) < 4.78 is 13.7. The minimum absolute atomic E-state index is 0.266. The predicted octanol–water partition coefficient (Wildman–Crippen LogP) is 2.41. The van der Waals surface area contributed by atoms with Crippen molar-refractivity contribution in [3.8, 4) is 0 Å². The minimum atomic E-state index is -0.841. The summed E-state index contributed by atoms with van der Waals surface area (Å²) in [6.45, 7) is 0. The average Bonchev–Trinajstić information content (AvgIpc) is 2.47. The first-order valence-electron chi connectivity index (χ1n) is 6.56. The van der Waals surface area contributed by atoms with Crippen LogP contribution in [0.2, 0.25) is 0 Å². The molecule has 0 radical (unpaired) electrons. The van der Waals surface area contributed by atoms with Gasteiger partial charge in [-0.2, -0.15) is 0 Å². The van der Waals surface area contributed by atoms with E-state index in [0.717, 1.165) is 10.0 Å². The Balaban J connectivity index is 2.10. The third-order valence-corrected chi connectivity index (χ3v) is 3.58. The van der Waals surface area contributed by atoms with Gasteiger partial charge in [0.1, 0.15) is 11.9 Å². The van der Waals surface area contributed by atoms with Crippen molar-refractivity contribution in [2.75, 3.05) is 0 Å². The van der Waals surface area contributed by atoms with Crippen molar-refractivity contribution in [2.24, 2.45) is 5.73 Å². The predicted molar refractivity (Wildman–Crippen MR) is 84.7 cm³/mol. The Hall–Kier alpha value is -2.21. The van der Waals surface area contributed by atoms with E-state index in [1.165, 1.54) is 24.3 Å². The molecule has 0 unspecified atom stereocenters. The van der Waals surface area contributed by atoms with Crippen LogP contribution < -0.4 is 11.1 Å². The second-order valence-electron chi connectivity index (χ2n) is 4.77. The van der Waals surface area contributed by atoms with Gasteiger partial charge in [0.15, 0.2) is 0 Å². The number of rotatable bonds is 5. The summed E-state index contributed by atoms with van der Waals surface area (Å²) in [5.41, 5.74) is 6.47. The van der Waals surface area contributed by atoms with E-state index in [2.05, 4.69) is 21.2 Å². The molecule has 2 aromatic rings. The molecule has 2 aromatic carbocycles. The number of hydrogen-bond acceptors (Lipinski definition) is 2. The smallest absolute Gasteiger partial charge is 0.251 e. The molecule has 0 bridgehead atoms. The number of nitrogens with two attached hydrogens (primary N) is 1. The van der Waals surface area contributed by atoms with E-state index in [9.17, 15) is 14.0 Å². The van der Waals surface area contributed by atoms with E-state index in [-0.39, 0.29) is 12.0 Å². The molecule has 0 aliphatic rings. The van der Waals surface area contributed by atoms with E-state index in [4.69, 9.17) is 5.73 Å². The number of halogens is 2. The third kappa shape index (κ3) is 4.39. The molecule has 4 nitrogen and oxygen atoms in total. The maximum absolute atomic E-state index is 12.9. The van der Waals surface area contributed by atoms with E-state index < -0.39 is 23.7 Å². The van der Waals surface area contributed by atoms with Gasteiger partial charge in [0.25, 0.3) is 5.91 Å². The van der Waals surface area contributed by atoms with Gasteiger partial charge in [-0.1, -0.05) is 28.1 Å². The Morgan fingerprint density at radius 3 is 2.45 bits per heavy atom. The van der Waals surface area contributed by atoms with Crippen LogP contribution >= 0.6 is 15.9 Å². The lowest BCUT2D eigenvalue weighted by Crippen LogP contribution is -2.45. The summed E-state index contributed by atoms with van der Waals surface area (Å²) >= 11 is 3.34. The van der Waals surface area contributed by atoms with Crippen LogP contribution in [0.4, 0.5) is 4.39 Å². The van der Waals surface area contributed by atoms with Crippen LogP contribution in [0.3, 0.4) is 0 Å². The lowest BCUT2D eigenvalue weighted by atomic mass is 10.0. The van der Waals surface area contributed by atoms with Gasteiger partial charge in [-0.3, -0.25) is 9.59 Å². The van der Waals surface area contributed by atoms with Gasteiger partial charge in [0, 0.05) is 16.5 Å². The molecule has 0 saturated heterocycles. The zero-order chi connectivity index (χ0) is 16.1. The van der Waals surface area contributed by atoms with E-state index in [1.807, 2.05) is 24.3 Å². The molecule has 0 fully saturated rings. The molecule has 114 valence electrons. The monoisotopic (exact) mass is 364 g/mol. The maximum Gasteiger partial charge on any atom is 0.251 e. The second kappa shape index (κ2) is 7.17. The molecule has 2 amide bonds.